The van der Waals surface area contributed by atoms with Gasteiger partial charge in [0.25, 0.3) is 5.56 Å². The van der Waals surface area contributed by atoms with E-state index in [1.165, 1.54) is 10.7 Å². The van der Waals surface area contributed by atoms with Crippen LogP contribution >= 0.6 is 0 Å². The van der Waals surface area contributed by atoms with Gasteiger partial charge in [0.05, 0.1) is 5.69 Å². The van der Waals surface area contributed by atoms with Gasteiger partial charge in [-0.25, -0.2) is 4.68 Å². The minimum atomic E-state index is -0.297. The summed E-state index contributed by atoms with van der Waals surface area (Å²) in [6, 6.07) is 22.7. The monoisotopic (exact) mass is 373 g/mol. The van der Waals surface area contributed by atoms with Crippen LogP contribution in [0, 0.1) is 0 Å². The van der Waals surface area contributed by atoms with Crippen molar-refractivity contribution in [3.8, 4) is 11.3 Å². The molecule has 0 spiro atoms. The molecular formula is C23H23N3O2. The van der Waals surface area contributed by atoms with Gasteiger partial charge in [0, 0.05) is 24.7 Å². The Morgan fingerprint density at radius 1 is 1.00 bits per heavy atom. The second-order valence-electron chi connectivity index (χ2n) is 6.44. The molecule has 0 fully saturated rings. The highest BCUT2D eigenvalue weighted by atomic mass is 16.2. The molecule has 5 heteroatoms. The average Bonchev–Trinajstić information content (AvgIpc) is 2.74. The summed E-state index contributed by atoms with van der Waals surface area (Å²) in [5, 5.41) is 4.37. The summed E-state index contributed by atoms with van der Waals surface area (Å²) in [5.41, 5.74) is 2.42. The van der Waals surface area contributed by atoms with Crippen LogP contribution in [0.2, 0.25) is 0 Å². The lowest BCUT2D eigenvalue weighted by Crippen LogP contribution is -2.38. The predicted octanol–water partition coefficient (Wildman–Crippen LogP) is 3.17. The Hall–Kier alpha value is -3.47. The van der Waals surface area contributed by atoms with Gasteiger partial charge >= 0.3 is 0 Å². The summed E-state index contributed by atoms with van der Waals surface area (Å²) in [5.74, 6) is -0.157. The third-order valence-electron chi connectivity index (χ3n) is 4.44. The van der Waals surface area contributed by atoms with Gasteiger partial charge in [0.15, 0.2) is 0 Å². The number of hydrogen-bond acceptors (Lipinski definition) is 3. The van der Waals surface area contributed by atoms with E-state index in [0.29, 0.717) is 18.8 Å². The van der Waals surface area contributed by atoms with Crippen molar-refractivity contribution in [3.05, 3.63) is 101 Å². The molecule has 0 saturated carbocycles. The topological polar surface area (TPSA) is 55.2 Å². The molecule has 3 rings (SSSR count). The van der Waals surface area contributed by atoms with Crippen molar-refractivity contribution >= 4 is 5.91 Å². The highest BCUT2D eigenvalue weighted by Crippen LogP contribution is 2.14. The molecule has 0 aliphatic rings. The third-order valence-corrected chi connectivity index (χ3v) is 4.44. The first-order chi connectivity index (χ1) is 13.7. The van der Waals surface area contributed by atoms with Gasteiger partial charge < -0.3 is 4.90 Å². The first-order valence-corrected chi connectivity index (χ1v) is 9.23. The fraction of sp³-hybridized carbons (Fsp3) is 0.174. The Labute approximate surface area is 164 Å². The summed E-state index contributed by atoms with van der Waals surface area (Å²) in [4.78, 5) is 26.7. The van der Waals surface area contributed by atoms with Crippen LogP contribution in [-0.2, 0) is 17.8 Å². The molecule has 0 radical (unpaired) electrons. The lowest BCUT2D eigenvalue weighted by atomic mass is 10.1. The zero-order valence-electron chi connectivity index (χ0n) is 15.7. The number of benzene rings is 2. The minimum absolute atomic E-state index is 0.0951. The van der Waals surface area contributed by atoms with Gasteiger partial charge in [-0.05, 0) is 18.1 Å². The van der Waals surface area contributed by atoms with Crippen molar-refractivity contribution in [2.45, 2.75) is 13.0 Å². The van der Waals surface area contributed by atoms with E-state index < -0.39 is 0 Å². The molecule has 0 unspecified atom stereocenters. The van der Waals surface area contributed by atoms with Crippen LogP contribution < -0.4 is 5.56 Å². The van der Waals surface area contributed by atoms with Gasteiger partial charge in [0.1, 0.15) is 6.54 Å². The van der Waals surface area contributed by atoms with E-state index in [1.54, 1.807) is 17.0 Å². The van der Waals surface area contributed by atoms with Gasteiger partial charge in [-0.15, -0.1) is 6.58 Å². The summed E-state index contributed by atoms with van der Waals surface area (Å²) >= 11 is 0. The Morgan fingerprint density at radius 3 is 2.36 bits per heavy atom. The summed E-state index contributed by atoms with van der Waals surface area (Å²) in [7, 11) is 0. The van der Waals surface area contributed by atoms with Crippen LogP contribution in [-0.4, -0.2) is 33.7 Å². The highest BCUT2D eigenvalue weighted by molar-refractivity contribution is 5.76. The maximum absolute atomic E-state index is 12.8. The molecule has 2 aromatic carbocycles. The van der Waals surface area contributed by atoms with Gasteiger partial charge in [-0.3, -0.25) is 9.59 Å². The van der Waals surface area contributed by atoms with Crippen LogP contribution in [0.5, 0.6) is 0 Å². The molecule has 142 valence electrons. The van der Waals surface area contributed by atoms with Crippen LogP contribution in [0.3, 0.4) is 0 Å². The Balaban J connectivity index is 1.74. The normalized spacial score (nSPS) is 10.4. The van der Waals surface area contributed by atoms with E-state index in [2.05, 4.69) is 11.7 Å². The van der Waals surface area contributed by atoms with Crippen LogP contribution in [0.1, 0.15) is 5.56 Å². The number of aromatic nitrogens is 2. The van der Waals surface area contributed by atoms with Crippen LogP contribution in [0.25, 0.3) is 11.3 Å². The fourth-order valence-corrected chi connectivity index (χ4v) is 2.94. The van der Waals surface area contributed by atoms with Gasteiger partial charge in [0.2, 0.25) is 5.91 Å². The van der Waals surface area contributed by atoms with E-state index in [-0.39, 0.29) is 18.0 Å². The SMILES string of the molecule is C=CCN(CCc1ccccc1)C(=O)Cn1nc(-c2ccccc2)ccc1=O. The predicted molar refractivity (Wildman–Crippen MR) is 111 cm³/mol. The number of nitrogens with zero attached hydrogens (tertiary/aromatic N) is 3. The molecular weight excluding hydrogens is 350 g/mol. The van der Waals surface area contributed by atoms with Crippen LogP contribution in [0.4, 0.5) is 0 Å². The zero-order valence-corrected chi connectivity index (χ0v) is 15.7. The number of hydrogen-bond donors (Lipinski definition) is 0. The zero-order chi connectivity index (χ0) is 19.8. The molecule has 1 aromatic heterocycles. The lowest BCUT2D eigenvalue weighted by molar-refractivity contribution is -0.131. The van der Waals surface area contributed by atoms with Crippen molar-refractivity contribution in [2.75, 3.05) is 13.1 Å². The molecule has 0 saturated heterocycles. The first-order valence-electron chi connectivity index (χ1n) is 9.23. The van der Waals surface area contributed by atoms with E-state index in [4.69, 9.17) is 0 Å². The van der Waals surface area contributed by atoms with E-state index in [1.807, 2.05) is 60.7 Å². The molecule has 0 aliphatic heterocycles. The minimum Gasteiger partial charge on any atom is -0.337 e. The van der Waals surface area contributed by atoms with Gasteiger partial charge in [-0.2, -0.15) is 5.10 Å². The largest absolute Gasteiger partial charge is 0.337 e. The summed E-state index contributed by atoms with van der Waals surface area (Å²) in [6.07, 6.45) is 2.44. The molecule has 1 heterocycles. The fourth-order valence-electron chi connectivity index (χ4n) is 2.94. The van der Waals surface area contributed by atoms with Crippen LogP contribution in [0.15, 0.2) is 90.2 Å². The van der Waals surface area contributed by atoms with Crippen molar-refractivity contribution in [3.63, 3.8) is 0 Å². The number of rotatable bonds is 8. The molecule has 0 atom stereocenters. The second-order valence-corrected chi connectivity index (χ2v) is 6.44. The molecule has 0 N–H and O–H groups in total. The number of amides is 1. The van der Waals surface area contributed by atoms with Gasteiger partial charge in [-0.1, -0.05) is 66.7 Å². The number of carbonyl (C=O) groups is 1. The van der Waals surface area contributed by atoms with E-state index in [9.17, 15) is 9.59 Å². The highest BCUT2D eigenvalue weighted by Gasteiger charge is 2.15. The molecule has 1 amide bonds. The molecule has 0 bridgehead atoms. The van der Waals surface area contributed by atoms with Crippen molar-refractivity contribution < 1.29 is 4.79 Å². The third kappa shape index (κ3) is 5.04. The van der Waals surface area contributed by atoms with E-state index in [0.717, 1.165) is 17.5 Å². The average molecular weight is 373 g/mol. The Bertz CT molecular complexity index is 981. The quantitative estimate of drug-likeness (QED) is 0.570. The van der Waals surface area contributed by atoms with Crippen molar-refractivity contribution in [2.24, 2.45) is 0 Å². The van der Waals surface area contributed by atoms with Crippen molar-refractivity contribution in [1.82, 2.24) is 14.7 Å². The maximum Gasteiger partial charge on any atom is 0.267 e. The Kier molecular flexibility index (Phi) is 6.52. The maximum atomic E-state index is 12.8. The second kappa shape index (κ2) is 9.46. The molecule has 0 aliphatic carbocycles. The molecule has 28 heavy (non-hydrogen) atoms. The van der Waals surface area contributed by atoms with Crippen molar-refractivity contribution in [1.29, 1.82) is 0 Å². The summed E-state index contributed by atoms with van der Waals surface area (Å²) in [6.45, 7) is 4.63. The Morgan fingerprint density at radius 2 is 1.68 bits per heavy atom. The molecule has 3 aromatic rings. The lowest BCUT2D eigenvalue weighted by Gasteiger charge is -2.21. The first kappa shape index (κ1) is 19.3. The number of carbonyl (C=O) groups excluding carboxylic acids is 1. The standard InChI is InChI=1S/C23H23N3O2/c1-2-16-25(17-15-19-9-5-3-6-10-19)23(28)18-26-22(27)14-13-21(24-26)20-11-7-4-8-12-20/h2-14H,1,15-18H2. The molecule has 5 nitrogen and oxygen atoms in total. The smallest absolute Gasteiger partial charge is 0.267 e. The van der Waals surface area contributed by atoms with E-state index >= 15 is 0 Å². The summed E-state index contributed by atoms with van der Waals surface area (Å²) < 4.78 is 1.23.